The van der Waals surface area contributed by atoms with Gasteiger partial charge < -0.3 is 40.3 Å². The van der Waals surface area contributed by atoms with Gasteiger partial charge in [0.25, 0.3) is 0 Å². The molecule has 1 aliphatic rings. The van der Waals surface area contributed by atoms with Gasteiger partial charge in [0.05, 0.1) is 25.4 Å². The molecule has 0 aromatic heterocycles. The molecule has 0 aromatic carbocycles. The fourth-order valence-corrected chi connectivity index (χ4v) is 10.5. The van der Waals surface area contributed by atoms with Gasteiger partial charge in [0, 0.05) is 6.42 Å². The maximum Gasteiger partial charge on any atom is 0.220 e. The van der Waals surface area contributed by atoms with Crippen LogP contribution >= 0.6 is 0 Å². The highest BCUT2D eigenvalue weighted by molar-refractivity contribution is 5.76. The van der Waals surface area contributed by atoms with E-state index >= 15 is 0 Å². The van der Waals surface area contributed by atoms with Crippen molar-refractivity contribution in [2.75, 3.05) is 13.2 Å². The zero-order chi connectivity index (χ0) is 61.4. The largest absolute Gasteiger partial charge is 0.394 e. The summed E-state index contributed by atoms with van der Waals surface area (Å²) in [5.41, 5.74) is 0. The highest BCUT2D eigenvalue weighted by atomic mass is 16.7. The topological polar surface area (TPSA) is 149 Å². The fourth-order valence-electron chi connectivity index (χ4n) is 10.5. The average molecular weight is 1190 g/mol. The van der Waals surface area contributed by atoms with Gasteiger partial charge in [-0.3, -0.25) is 4.79 Å². The lowest BCUT2D eigenvalue weighted by Gasteiger charge is -2.40. The molecule has 1 aliphatic heterocycles. The zero-order valence-electron chi connectivity index (χ0n) is 54.6. The average Bonchev–Trinajstić information content (AvgIpc) is 3.57. The van der Waals surface area contributed by atoms with Crippen LogP contribution < -0.4 is 5.32 Å². The number of hydrogen-bond donors (Lipinski definition) is 6. The minimum absolute atomic E-state index is 0.191. The molecule has 7 atom stereocenters. The third-order valence-corrected chi connectivity index (χ3v) is 16.0. The minimum atomic E-state index is -1.58. The lowest BCUT2D eigenvalue weighted by Crippen LogP contribution is -2.60. The molecular weight excluding hydrogens is 1050 g/mol. The highest BCUT2D eigenvalue weighted by Crippen LogP contribution is 2.23. The van der Waals surface area contributed by atoms with E-state index in [9.17, 15) is 30.3 Å². The third kappa shape index (κ3) is 52.3. The first kappa shape index (κ1) is 79.6. The summed E-state index contributed by atoms with van der Waals surface area (Å²) in [6, 6.07) is -0.832. The van der Waals surface area contributed by atoms with Crippen molar-refractivity contribution in [3.63, 3.8) is 0 Å². The maximum atomic E-state index is 13.1. The smallest absolute Gasteiger partial charge is 0.220 e. The molecule has 1 fully saturated rings. The van der Waals surface area contributed by atoms with E-state index in [1.807, 2.05) is 6.08 Å². The van der Waals surface area contributed by atoms with Crippen molar-refractivity contribution in [2.45, 2.75) is 339 Å². The Hall–Kier alpha value is -3.41. The molecule has 85 heavy (non-hydrogen) atoms. The number of rotatable bonds is 60. The van der Waals surface area contributed by atoms with Gasteiger partial charge in [-0.25, -0.2) is 0 Å². The van der Waals surface area contributed by atoms with Crippen molar-refractivity contribution < 1.29 is 39.8 Å². The van der Waals surface area contributed by atoms with Gasteiger partial charge in [-0.15, -0.1) is 0 Å². The van der Waals surface area contributed by atoms with Crippen molar-refractivity contribution in [3.8, 4) is 0 Å². The van der Waals surface area contributed by atoms with Gasteiger partial charge in [0.2, 0.25) is 5.91 Å². The molecule has 1 amide bonds. The van der Waals surface area contributed by atoms with E-state index in [4.69, 9.17) is 9.47 Å². The second-order valence-corrected chi connectivity index (χ2v) is 23.9. The van der Waals surface area contributed by atoms with Gasteiger partial charge in [0.15, 0.2) is 6.29 Å². The summed E-state index contributed by atoms with van der Waals surface area (Å²) in [6.45, 7) is 3.67. The van der Waals surface area contributed by atoms with Crippen LogP contribution in [0.1, 0.15) is 296 Å². The van der Waals surface area contributed by atoms with E-state index in [2.05, 4.69) is 129 Å². The van der Waals surface area contributed by atoms with E-state index < -0.39 is 49.5 Å². The minimum Gasteiger partial charge on any atom is -0.394 e. The van der Waals surface area contributed by atoms with Crippen molar-refractivity contribution in [1.29, 1.82) is 0 Å². The molecule has 6 N–H and O–H groups in total. The Labute approximate surface area is 522 Å². The van der Waals surface area contributed by atoms with E-state index in [0.29, 0.717) is 6.42 Å². The Kier molecular flexibility index (Phi) is 59.6. The molecule has 1 rings (SSSR count). The molecule has 1 heterocycles. The number of nitrogens with one attached hydrogen (secondary N) is 1. The van der Waals surface area contributed by atoms with Crippen molar-refractivity contribution >= 4 is 5.91 Å². The molecule has 0 spiro atoms. The van der Waals surface area contributed by atoms with E-state index in [1.165, 1.54) is 186 Å². The lowest BCUT2D eigenvalue weighted by molar-refractivity contribution is -0.302. The summed E-state index contributed by atoms with van der Waals surface area (Å²) in [5, 5.41) is 54.7. The zero-order valence-corrected chi connectivity index (χ0v) is 54.6. The highest BCUT2D eigenvalue weighted by Gasteiger charge is 2.44. The number of aliphatic hydroxyl groups excluding tert-OH is 5. The van der Waals surface area contributed by atoms with Crippen LogP contribution in [0.3, 0.4) is 0 Å². The SMILES string of the molecule is CC/C=C\C/C=C\C/C=C\C/C=C\C/C=C\C/C=C\C/C=C\C/C=C\CCCCCCCCCCCCCCC(=O)NC(COC1OC(CO)C(O)C(O)C1O)C(O)/C=C/CC/C=C/CCCCCCCCCCCCCCCCCCCCC. The maximum absolute atomic E-state index is 13.1. The molecule has 0 aliphatic carbocycles. The van der Waals surface area contributed by atoms with Crippen LogP contribution in [0.25, 0.3) is 0 Å². The number of carbonyl (C=O) groups is 1. The van der Waals surface area contributed by atoms with Crippen LogP contribution in [-0.4, -0.2) is 87.5 Å². The molecular formula is C76H131NO8. The summed E-state index contributed by atoms with van der Waals surface area (Å²) in [7, 11) is 0. The van der Waals surface area contributed by atoms with Crippen LogP contribution in [0.15, 0.2) is 122 Å². The predicted octanol–water partition coefficient (Wildman–Crippen LogP) is 19.4. The first-order valence-corrected chi connectivity index (χ1v) is 35.3. The van der Waals surface area contributed by atoms with E-state index in [-0.39, 0.29) is 12.5 Å². The van der Waals surface area contributed by atoms with E-state index in [0.717, 1.165) is 89.9 Å². The van der Waals surface area contributed by atoms with E-state index in [1.54, 1.807) is 6.08 Å². The van der Waals surface area contributed by atoms with Crippen molar-refractivity contribution in [1.82, 2.24) is 5.32 Å². The number of unbranched alkanes of at least 4 members (excludes halogenated alkanes) is 32. The fraction of sp³-hybridized carbons (Fsp3) is 0.724. The normalized spacial score (nSPS) is 18.9. The number of ether oxygens (including phenoxy) is 2. The van der Waals surface area contributed by atoms with Crippen molar-refractivity contribution in [3.05, 3.63) is 122 Å². The molecule has 9 heteroatoms. The van der Waals surface area contributed by atoms with Crippen LogP contribution in [-0.2, 0) is 14.3 Å². The second-order valence-electron chi connectivity index (χ2n) is 23.9. The van der Waals surface area contributed by atoms with Gasteiger partial charge in [0.1, 0.15) is 24.4 Å². The second kappa shape index (κ2) is 63.6. The summed E-state index contributed by atoms with van der Waals surface area (Å²) in [5.74, 6) is -0.191. The summed E-state index contributed by atoms with van der Waals surface area (Å²) in [6.07, 6.45) is 88.7. The van der Waals surface area contributed by atoms with Gasteiger partial charge >= 0.3 is 0 Å². The molecule has 7 unspecified atom stereocenters. The summed E-state index contributed by atoms with van der Waals surface area (Å²) in [4.78, 5) is 13.1. The first-order valence-electron chi connectivity index (χ1n) is 35.3. The summed E-state index contributed by atoms with van der Waals surface area (Å²) >= 11 is 0. The Morgan fingerprint density at radius 1 is 0.412 bits per heavy atom. The van der Waals surface area contributed by atoms with Crippen LogP contribution in [0, 0.1) is 0 Å². The molecule has 9 nitrogen and oxygen atoms in total. The van der Waals surface area contributed by atoms with Crippen LogP contribution in [0.2, 0.25) is 0 Å². The van der Waals surface area contributed by atoms with Crippen LogP contribution in [0.4, 0.5) is 0 Å². The standard InChI is InChI=1S/C76H131NO8/c1-3-5-7-9-11-13-15-17-19-21-23-25-27-29-30-31-32-33-34-35-36-37-38-39-40-42-44-46-48-50-52-54-56-58-60-62-64-66-72(80)77-69(68-84-76-75(83)74(82)73(81)71(67-78)85-76)70(79)65-63-61-59-57-55-53-51-49-47-45-43-41-28-26-24-22-20-18-16-14-12-10-8-6-4-2/h5,7,11,13,17,19,23,25,29-30,32-33,35-36,38-39,55,57,63,65,69-71,73-76,78-79,81-83H,3-4,6,8-10,12,14-16,18,20-22,24,26-28,31,34,37,40-54,56,58-62,64,66-68H2,1-2H3,(H,77,80)/b7-5-,13-11-,19-17-,25-23-,30-29-,33-32-,36-35-,39-38-,57-55+,65-63+. The number of carbonyl (C=O) groups excluding carboxylic acids is 1. The Balaban J connectivity index is 2.16. The predicted molar refractivity (Wildman–Crippen MR) is 364 cm³/mol. The van der Waals surface area contributed by atoms with Gasteiger partial charge in [-0.2, -0.15) is 0 Å². The van der Waals surface area contributed by atoms with Crippen molar-refractivity contribution in [2.24, 2.45) is 0 Å². The Morgan fingerprint density at radius 3 is 1.13 bits per heavy atom. The monoisotopic (exact) mass is 1190 g/mol. The Morgan fingerprint density at radius 2 is 0.741 bits per heavy atom. The molecule has 0 bridgehead atoms. The number of hydrogen-bond acceptors (Lipinski definition) is 8. The quantitative estimate of drug-likeness (QED) is 0.0261. The summed E-state index contributed by atoms with van der Waals surface area (Å²) < 4.78 is 11.3. The third-order valence-electron chi connectivity index (χ3n) is 16.0. The number of amides is 1. The molecule has 0 radical (unpaired) electrons. The Bertz CT molecular complexity index is 1760. The first-order chi connectivity index (χ1) is 41.8. The number of allylic oxidation sites excluding steroid dienone is 19. The lowest BCUT2D eigenvalue weighted by atomic mass is 9.99. The van der Waals surface area contributed by atoms with Gasteiger partial charge in [-0.05, 0) is 96.3 Å². The number of aliphatic hydroxyl groups is 5. The molecule has 488 valence electrons. The van der Waals surface area contributed by atoms with Crippen LogP contribution in [0.5, 0.6) is 0 Å². The molecule has 0 saturated carbocycles. The molecule has 0 aromatic rings. The molecule has 1 saturated heterocycles. The van der Waals surface area contributed by atoms with Gasteiger partial charge in [-0.1, -0.05) is 315 Å².